The summed E-state index contributed by atoms with van der Waals surface area (Å²) in [6, 6.07) is 5.26. The van der Waals surface area contributed by atoms with Crippen molar-refractivity contribution in [1.29, 1.82) is 0 Å². The molecule has 1 fully saturated rings. The van der Waals surface area contributed by atoms with Gasteiger partial charge in [0.05, 0.1) is 0 Å². The second-order valence-electron chi connectivity index (χ2n) is 7.63. The number of amides is 1. The fourth-order valence-corrected chi connectivity index (χ4v) is 3.78. The van der Waals surface area contributed by atoms with E-state index in [9.17, 15) is 28.1 Å². The maximum Gasteiger partial charge on any atom is 0.573 e. The summed E-state index contributed by atoms with van der Waals surface area (Å²) in [5.74, 6) is -0.823. The van der Waals surface area contributed by atoms with Crippen molar-refractivity contribution in [2.75, 3.05) is 39.3 Å². The molecule has 2 aromatic rings. The monoisotopic (exact) mass is 455 g/mol. The van der Waals surface area contributed by atoms with Crippen molar-refractivity contribution in [1.82, 2.24) is 19.4 Å². The molecule has 1 aromatic carbocycles. The number of halogens is 3. The summed E-state index contributed by atoms with van der Waals surface area (Å²) in [7, 11) is 0. The minimum atomic E-state index is -4.82. The van der Waals surface area contributed by atoms with Crippen LogP contribution >= 0.6 is 0 Å². The molecule has 0 atom stereocenters. The number of ether oxygens (including phenoxy) is 2. The molecule has 0 N–H and O–H groups in total. The highest BCUT2D eigenvalue weighted by molar-refractivity contribution is 5.95. The number of hydrogen-bond acceptors (Lipinski definition) is 7. The van der Waals surface area contributed by atoms with E-state index in [1.807, 2.05) is 0 Å². The Morgan fingerprint density at radius 3 is 2.78 bits per heavy atom. The maximum atomic E-state index is 12.6. The molecule has 0 unspecified atom stereocenters. The molecule has 13 heteroatoms. The molecule has 3 heterocycles. The number of alkyl halides is 3. The zero-order valence-electron chi connectivity index (χ0n) is 16.8. The van der Waals surface area contributed by atoms with Gasteiger partial charge in [0.15, 0.2) is 0 Å². The minimum absolute atomic E-state index is 0.138. The smallest absolute Gasteiger partial charge is 0.444 e. The average molecular weight is 455 g/mol. The van der Waals surface area contributed by atoms with Crippen LogP contribution in [0.5, 0.6) is 11.8 Å². The van der Waals surface area contributed by atoms with E-state index in [-0.39, 0.29) is 29.2 Å². The van der Waals surface area contributed by atoms with Crippen molar-refractivity contribution < 1.29 is 32.4 Å². The number of hydrogen-bond donors (Lipinski definition) is 0. The maximum absolute atomic E-state index is 12.6. The quantitative estimate of drug-likeness (QED) is 0.503. The summed E-state index contributed by atoms with van der Waals surface area (Å²) < 4.78 is 48.2. The molecule has 1 amide bonds. The Balaban J connectivity index is 1.28. The predicted octanol–water partition coefficient (Wildman–Crippen LogP) is 2.16. The first-order valence-electron chi connectivity index (χ1n) is 9.90. The highest BCUT2D eigenvalue weighted by Crippen LogP contribution is 2.26. The average Bonchev–Trinajstić information content (AvgIpc) is 3.07. The number of imidazole rings is 1. The van der Waals surface area contributed by atoms with E-state index in [0.717, 1.165) is 12.1 Å². The molecule has 4 rings (SSSR count). The number of fused-ring (bicyclic) bond motifs is 1. The summed E-state index contributed by atoms with van der Waals surface area (Å²) in [6.07, 6.45) is -3.47. The summed E-state index contributed by atoms with van der Waals surface area (Å²) in [6.45, 7) is 3.75. The highest BCUT2D eigenvalue weighted by Gasteiger charge is 2.34. The predicted molar refractivity (Wildman–Crippen MR) is 103 cm³/mol. The summed E-state index contributed by atoms with van der Waals surface area (Å²) in [5.41, 5.74) is 0.138. The number of rotatable bonds is 5. The van der Waals surface area contributed by atoms with E-state index >= 15 is 0 Å². The Morgan fingerprint density at radius 2 is 2.06 bits per heavy atom. The number of carbonyl (C=O) groups excluding carboxylic acids is 1. The molecule has 0 spiro atoms. The molecule has 2 aliphatic rings. The molecular weight excluding hydrogens is 435 g/mol. The first kappa shape index (κ1) is 21.9. The van der Waals surface area contributed by atoms with Crippen LogP contribution in [0.2, 0.25) is 0 Å². The Kier molecular flexibility index (Phi) is 5.91. The molecule has 0 bridgehead atoms. The molecule has 1 saturated heterocycles. The molecule has 2 aliphatic heterocycles. The fourth-order valence-electron chi connectivity index (χ4n) is 3.78. The second-order valence-corrected chi connectivity index (χ2v) is 7.63. The zero-order chi connectivity index (χ0) is 22.9. The molecule has 0 saturated carbocycles. The number of aromatic nitrogens is 2. The lowest BCUT2D eigenvalue weighted by molar-refractivity contribution is -0.389. The molecule has 10 nitrogen and oxygen atoms in total. The van der Waals surface area contributed by atoms with Crippen LogP contribution in [0.25, 0.3) is 0 Å². The third-order valence-electron chi connectivity index (χ3n) is 5.29. The lowest BCUT2D eigenvalue weighted by atomic mass is 9.98. The molecule has 1 aromatic heterocycles. The van der Waals surface area contributed by atoms with Crippen molar-refractivity contribution in [2.24, 2.45) is 5.92 Å². The van der Waals surface area contributed by atoms with Crippen molar-refractivity contribution in [3.8, 4) is 11.8 Å². The lowest BCUT2D eigenvalue weighted by Gasteiger charge is -2.42. The zero-order valence-corrected chi connectivity index (χ0v) is 16.8. The first-order valence-corrected chi connectivity index (χ1v) is 9.90. The third kappa shape index (κ3) is 5.10. The molecule has 0 aliphatic carbocycles. The van der Waals surface area contributed by atoms with Gasteiger partial charge < -0.3 is 24.5 Å². The van der Waals surface area contributed by atoms with Gasteiger partial charge in [-0.2, -0.15) is 0 Å². The SMILES string of the molecule is O=C(c1cccc(OC(F)(F)F)c1)N1CC(CN2CCOc3nc([N+](=O)[O-])cn3CC2)C1. The van der Waals surface area contributed by atoms with Crippen molar-refractivity contribution in [3.05, 3.63) is 46.1 Å². The van der Waals surface area contributed by atoms with Crippen molar-refractivity contribution >= 4 is 11.7 Å². The Morgan fingerprint density at radius 1 is 1.28 bits per heavy atom. The van der Waals surface area contributed by atoms with Crippen LogP contribution in [0.1, 0.15) is 10.4 Å². The largest absolute Gasteiger partial charge is 0.573 e. The lowest BCUT2D eigenvalue weighted by Crippen LogP contribution is -2.54. The summed E-state index contributed by atoms with van der Waals surface area (Å²) >= 11 is 0. The molecule has 172 valence electrons. The van der Waals surface area contributed by atoms with Crippen LogP contribution < -0.4 is 9.47 Å². The van der Waals surface area contributed by atoms with Gasteiger partial charge in [0.25, 0.3) is 5.91 Å². The van der Waals surface area contributed by atoms with Gasteiger partial charge in [-0.1, -0.05) is 6.07 Å². The van der Waals surface area contributed by atoms with Gasteiger partial charge in [0.2, 0.25) is 0 Å². The topological polar surface area (TPSA) is 103 Å². The van der Waals surface area contributed by atoms with Gasteiger partial charge in [0, 0.05) is 55.7 Å². The van der Waals surface area contributed by atoms with Gasteiger partial charge >= 0.3 is 18.2 Å². The van der Waals surface area contributed by atoms with Gasteiger partial charge in [-0.3, -0.25) is 14.3 Å². The molecule has 0 radical (unpaired) electrons. The Hall–Kier alpha value is -3.35. The highest BCUT2D eigenvalue weighted by atomic mass is 19.4. The Labute approximate surface area is 180 Å². The number of nitrogens with zero attached hydrogens (tertiary/aromatic N) is 5. The number of likely N-dealkylation sites (tertiary alicyclic amines) is 1. The van der Waals surface area contributed by atoms with Crippen LogP contribution in [0.15, 0.2) is 30.5 Å². The van der Waals surface area contributed by atoms with Crippen LogP contribution in [0.4, 0.5) is 19.0 Å². The normalized spacial score (nSPS) is 17.5. The molecule has 32 heavy (non-hydrogen) atoms. The summed E-state index contributed by atoms with van der Waals surface area (Å²) in [4.78, 5) is 30.5. The number of carbonyl (C=O) groups is 1. The third-order valence-corrected chi connectivity index (χ3v) is 5.29. The van der Waals surface area contributed by atoms with Gasteiger partial charge in [-0.05, 0) is 23.1 Å². The molecular formula is C19H20F3N5O5. The standard InChI is InChI=1S/C19H20F3N5O5/c20-19(21,22)32-15-3-1-2-14(8-15)17(28)26-10-13(11-26)9-24-4-5-25-12-16(27(29)30)23-18(25)31-7-6-24/h1-3,8,12-13H,4-7,9-11H2. The van der Waals surface area contributed by atoms with Gasteiger partial charge in [-0.15, -0.1) is 13.2 Å². The fraction of sp³-hybridized carbons (Fsp3) is 0.474. The van der Waals surface area contributed by atoms with E-state index in [1.54, 1.807) is 9.47 Å². The second kappa shape index (κ2) is 8.65. The first-order chi connectivity index (χ1) is 15.2. The summed E-state index contributed by atoms with van der Waals surface area (Å²) in [5, 5.41) is 10.9. The van der Waals surface area contributed by atoms with E-state index in [0.29, 0.717) is 45.9 Å². The van der Waals surface area contributed by atoms with Crippen LogP contribution in [0.3, 0.4) is 0 Å². The van der Waals surface area contributed by atoms with E-state index < -0.39 is 17.0 Å². The Bertz CT molecular complexity index is 1010. The van der Waals surface area contributed by atoms with Crippen molar-refractivity contribution in [3.63, 3.8) is 0 Å². The van der Waals surface area contributed by atoms with E-state index in [4.69, 9.17) is 4.74 Å². The van der Waals surface area contributed by atoms with E-state index in [2.05, 4.69) is 14.6 Å². The van der Waals surface area contributed by atoms with Crippen LogP contribution in [0, 0.1) is 16.0 Å². The van der Waals surface area contributed by atoms with Crippen molar-refractivity contribution in [2.45, 2.75) is 12.9 Å². The van der Waals surface area contributed by atoms with Crippen LogP contribution in [-0.2, 0) is 6.54 Å². The van der Waals surface area contributed by atoms with Gasteiger partial charge in [-0.25, -0.2) is 0 Å². The number of nitro groups is 1. The number of benzene rings is 1. The van der Waals surface area contributed by atoms with Crippen LogP contribution in [-0.4, -0.2) is 75.9 Å². The van der Waals surface area contributed by atoms with Gasteiger partial charge in [0.1, 0.15) is 18.6 Å². The minimum Gasteiger partial charge on any atom is -0.444 e. The van der Waals surface area contributed by atoms with E-state index in [1.165, 1.54) is 18.3 Å².